The van der Waals surface area contributed by atoms with Gasteiger partial charge in [-0.2, -0.15) is 4.98 Å². The number of aromatic nitrogens is 3. The van der Waals surface area contributed by atoms with Gasteiger partial charge in [0.05, 0.1) is 0 Å². The maximum absolute atomic E-state index is 10.7. The number of anilines is 1. The number of fused-ring (bicyclic) bond motifs is 1. The molecule has 2 aromatic heterocycles. The van der Waals surface area contributed by atoms with Crippen LogP contribution in [0.3, 0.4) is 0 Å². The third-order valence-electron chi connectivity index (χ3n) is 1.63. The Kier molecular flexibility index (Phi) is 1.42. The van der Waals surface area contributed by atoms with E-state index in [1.807, 2.05) is 0 Å². The molecule has 6 nitrogen and oxygen atoms in total. The molecule has 0 amide bonds. The van der Waals surface area contributed by atoms with Gasteiger partial charge in [-0.1, -0.05) is 0 Å². The lowest BCUT2D eigenvalue weighted by molar-refractivity contribution is 0.0690. The van der Waals surface area contributed by atoms with Crippen molar-refractivity contribution in [3.8, 4) is 0 Å². The van der Waals surface area contributed by atoms with Crippen LogP contribution < -0.4 is 5.73 Å². The van der Waals surface area contributed by atoms with E-state index in [1.54, 1.807) is 12.3 Å². The van der Waals surface area contributed by atoms with Crippen LogP contribution in [0.1, 0.15) is 10.5 Å². The number of nitrogen functional groups attached to an aromatic ring is 1. The summed E-state index contributed by atoms with van der Waals surface area (Å²) in [5.41, 5.74) is 5.35. The maximum atomic E-state index is 10.7. The van der Waals surface area contributed by atoms with E-state index in [-0.39, 0.29) is 17.3 Å². The summed E-state index contributed by atoms with van der Waals surface area (Å²) in [6.45, 7) is 0. The zero-order chi connectivity index (χ0) is 9.42. The van der Waals surface area contributed by atoms with Gasteiger partial charge in [0.15, 0.2) is 11.5 Å². The van der Waals surface area contributed by atoms with Crippen molar-refractivity contribution >= 4 is 17.6 Å². The molecule has 3 N–H and O–H groups in total. The molecule has 0 aliphatic rings. The quantitative estimate of drug-likeness (QED) is 0.641. The molecule has 0 saturated carbocycles. The highest BCUT2D eigenvalue weighted by Gasteiger charge is 2.15. The van der Waals surface area contributed by atoms with E-state index in [1.165, 1.54) is 10.6 Å². The lowest BCUT2D eigenvalue weighted by Gasteiger charge is -1.93. The van der Waals surface area contributed by atoms with Gasteiger partial charge in [0.1, 0.15) is 0 Å². The number of nitrogens with two attached hydrogens (primary N) is 1. The van der Waals surface area contributed by atoms with Crippen LogP contribution in [0.5, 0.6) is 0 Å². The zero-order valence-corrected chi connectivity index (χ0v) is 6.51. The second-order valence-corrected chi connectivity index (χ2v) is 2.44. The number of carbonyl (C=O) groups is 1. The van der Waals surface area contributed by atoms with E-state index in [0.717, 1.165) is 0 Å². The second-order valence-electron chi connectivity index (χ2n) is 2.44. The van der Waals surface area contributed by atoms with Gasteiger partial charge in [-0.3, -0.25) is 4.40 Å². The van der Waals surface area contributed by atoms with Crippen LogP contribution in [0.25, 0.3) is 5.78 Å². The molecule has 0 aliphatic heterocycles. The standard InChI is InChI=1S/C7H6N4O2/c8-5-4(6(12)13)11-3-1-2-9-7(11)10-5/h1-3H,8H2,(H,12,13). The molecule has 13 heavy (non-hydrogen) atoms. The summed E-state index contributed by atoms with van der Waals surface area (Å²) in [4.78, 5) is 18.4. The van der Waals surface area contributed by atoms with Gasteiger partial charge in [0.2, 0.25) is 5.78 Å². The Morgan fingerprint density at radius 1 is 1.62 bits per heavy atom. The first-order valence-corrected chi connectivity index (χ1v) is 3.52. The summed E-state index contributed by atoms with van der Waals surface area (Å²) < 4.78 is 1.33. The molecule has 0 unspecified atom stereocenters. The average molecular weight is 178 g/mol. The molecule has 2 aromatic rings. The number of hydrogen-bond donors (Lipinski definition) is 2. The van der Waals surface area contributed by atoms with Crippen molar-refractivity contribution < 1.29 is 9.90 Å². The third-order valence-corrected chi connectivity index (χ3v) is 1.63. The Morgan fingerprint density at radius 3 is 3.08 bits per heavy atom. The fraction of sp³-hybridized carbons (Fsp3) is 0. The smallest absolute Gasteiger partial charge is 0.356 e. The van der Waals surface area contributed by atoms with E-state index < -0.39 is 5.97 Å². The highest BCUT2D eigenvalue weighted by molar-refractivity contribution is 5.91. The lowest BCUT2D eigenvalue weighted by atomic mass is 10.4. The van der Waals surface area contributed by atoms with Gasteiger partial charge in [0.25, 0.3) is 0 Å². The molecular weight excluding hydrogens is 172 g/mol. The van der Waals surface area contributed by atoms with Gasteiger partial charge in [-0.05, 0) is 6.07 Å². The second kappa shape index (κ2) is 2.44. The number of nitrogens with zero attached hydrogens (tertiary/aromatic N) is 3. The minimum absolute atomic E-state index is 0.0220. The molecule has 2 heterocycles. The topological polar surface area (TPSA) is 93.5 Å². The molecule has 0 saturated heterocycles. The number of rotatable bonds is 1. The van der Waals surface area contributed by atoms with Gasteiger partial charge in [-0.15, -0.1) is 0 Å². The van der Waals surface area contributed by atoms with E-state index in [0.29, 0.717) is 0 Å². The normalized spacial score (nSPS) is 10.5. The van der Waals surface area contributed by atoms with E-state index in [2.05, 4.69) is 9.97 Å². The zero-order valence-electron chi connectivity index (χ0n) is 6.51. The molecule has 2 rings (SSSR count). The number of hydrogen-bond acceptors (Lipinski definition) is 4. The highest BCUT2D eigenvalue weighted by atomic mass is 16.4. The summed E-state index contributed by atoms with van der Waals surface area (Å²) >= 11 is 0. The SMILES string of the molecule is Nc1nc2ncccn2c1C(=O)O. The van der Waals surface area contributed by atoms with Crippen LogP contribution in [0.2, 0.25) is 0 Å². The Bertz CT molecular complexity index is 476. The van der Waals surface area contributed by atoms with Crippen molar-refractivity contribution in [2.45, 2.75) is 0 Å². The van der Waals surface area contributed by atoms with Crippen LogP contribution >= 0.6 is 0 Å². The fourth-order valence-corrected chi connectivity index (χ4v) is 1.12. The third kappa shape index (κ3) is 0.994. The number of carboxylic acid groups (broad SMARTS) is 1. The van der Waals surface area contributed by atoms with Crippen molar-refractivity contribution in [1.82, 2.24) is 14.4 Å². The van der Waals surface area contributed by atoms with Crippen LogP contribution in [0.15, 0.2) is 18.5 Å². The van der Waals surface area contributed by atoms with Crippen LogP contribution in [-0.2, 0) is 0 Å². The fourth-order valence-electron chi connectivity index (χ4n) is 1.12. The van der Waals surface area contributed by atoms with Gasteiger partial charge < -0.3 is 10.8 Å². The molecular formula is C7H6N4O2. The largest absolute Gasteiger partial charge is 0.476 e. The average Bonchev–Trinajstić information content (AvgIpc) is 2.39. The first kappa shape index (κ1) is 7.53. The Hall–Kier alpha value is -2.11. The van der Waals surface area contributed by atoms with Crippen molar-refractivity contribution in [3.05, 3.63) is 24.2 Å². The summed E-state index contributed by atoms with van der Waals surface area (Å²) in [5.74, 6) is -0.846. The maximum Gasteiger partial charge on any atom is 0.356 e. The van der Waals surface area contributed by atoms with Gasteiger partial charge in [0, 0.05) is 12.4 Å². The molecule has 6 heteroatoms. The molecule has 0 aliphatic carbocycles. The predicted octanol–water partition coefficient (Wildman–Crippen LogP) is 0.00970. The molecule has 0 fully saturated rings. The minimum atomic E-state index is -1.11. The first-order chi connectivity index (χ1) is 6.20. The molecule has 0 bridgehead atoms. The van der Waals surface area contributed by atoms with E-state index in [9.17, 15) is 4.79 Å². The summed E-state index contributed by atoms with van der Waals surface area (Å²) in [6.07, 6.45) is 3.07. The molecule has 0 radical (unpaired) electrons. The molecule has 0 atom stereocenters. The van der Waals surface area contributed by atoms with Crippen LogP contribution in [0.4, 0.5) is 5.82 Å². The monoisotopic (exact) mass is 178 g/mol. The van der Waals surface area contributed by atoms with Crippen molar-refractivity contribution in [2.75, 3.05) is 5.73 Å². The van der Waals surface area contributed by atoms with Crippen LogP contribution in [0, 0.1) is 0 Å². The van der Waals surface area contributed by atoms with E-state index >= 15 is 0 Å². The summed E-state index contributed by atoms with van der Waals surface area (Å²) in [6, 6.07) is 1.61. The van der Waals surface area contributed by atoms with Crippen molar-refractivity contribution in [1.29, 1.82) is 0 Å². The number of imidazole rings is 1. The van der Waals surface area contributed by atoms with Crippen molar-refractivity contribution in [2.24, 2.45) is 0 Å². The van der Waals surface area contributed by atoms with Gasteiger partial charge >= 0.3 is 5.97 Å². The summed E-state index contributed by atoms with van der Waals surface area (Å²) in [5, 5.41) is 8.78. The summed E-state index contributed by atoms with van der Waals surface area (Å²) in [7, 11) is 0. The number of carboxylic acids is 1. The first-order valence-electron chi connectivity index (χ1n) is 3.52. The number of aromatic carboxylic acids is 1. The van der Waals surface area contributed by atoms with E-state index in [4.69, 9.17) is 10.8 Å². The predicted molar refractivity (Wildman–Crippen MR) is 44.4 cm³/mol. The van der Waals surface area contributed by atoms with Crippen LogP contribution in [-0.4, -0.2) is 25.4 Å². The Labute approximate surface area is 72.6 Å². The molecule has 66 valence electrons. The lowest BCUT2D eigenvalue weighted by Crippen LogP contribution is -2.04. The minimum Gasteiger partial charge on any atom is -0.476 e. The molecule has 0 aromatic carbocycles. The Balaban J connectivity index is 2.86. The van der Waals surface area contributed by atoms with Gasteiger partial charge in [-0.25, -0.2) is 9.78 Å². The van der Waals surface area contributed by atoms with Crippen molar-refractivity contribution in [3.63, 3.8) is 0 Å². The Morgan fingerprint density at radius 2 is 2.38 bits per heavy atom. The highest BCUT2D eigenvalue weighted by Crippen LogP contribution is 2.11. The molecule has 0 spiro atoms.